The number of ether oxygens (including phenoxy) is 2. The van der Waals surface area contributed by atoms with Crippen LogP contribution in [0.15, 0.2) is 46.6 Å². The minimum atomic E-state index is -0.128. The number of aromatic nitrogens is 1. The van der Waals surface area contributed by atoms with Gasteiger partial charge in [-0.2, -0.15) is 0 Å². The van der Waals surface area contributed by atoms with Gasteiger partial charge in [0.05, 0.1) is 32.3 Å². The first-order valence-corrected chi connectivity index (χ1v) is 10.1. The lowest BCUT2D eigenvalue weighted by molar-refractivity contribution is 0.202. The molecule has 0 spiro atoms. The molecule has 2 aromatic heterocycles. The van der Waals surface area contributed by atoms with Crippen LogP contribution in [0, 0.1) is 0 Å². The van der Waals surface area contributed by atoms with Gasteiger partial charge in [-0.1, -0.05) is 6.07 Å². The van der Waals surface area contributed by atoms with Crippen LogP contribution >= 0.6 is 23.6 Å². The van der Waals surface area contributed by atoms with Crippen molar-refractivity contribution in [3.05, 3.63) is 62.6 Å². The Morgan fingerprint density at radius 3 is 2.82 bits per heavy atom. The molecule has 3 aromatic rings. The molecule has 0 saturated heterocycles. The first kappa shape index (κ1) is 20.3. The highest BCUT2D eigenvalue weighted by atomic mass is 32.1. The van der Waals surface area contributed by atoms with Crippen molar-refractivity contribution in [2.75, 3.05) is 27.4 Å². The fraction of sp³-hybridized carbons (Fsp3) is 0.300. The number of thiocarbonyl (C=S) groups is 1. The Morgan fingerprint density at radius 1 is 1.25 bits per heavy atom. The average Bonchev–Trinajstić information content (AvgIpc) is 3.20. The van der Waals surface area contributed by atoms with E-state index in [1.807, 2.05) is 40.6 Å². The van der Waals surface area contributed by atoms with Crippen LogP contribution < -0.4 is 15.6 Å². The standard InChI is InChI=1S/C20H23N3O3S2/c1-25-8-7-21-20(27)23(13-17-4-3-9-28-17)12-15-10-14-5-6-16(26-2)11-18(14)22-19(15)24/h3-6,9-11H,7-8,12-13H2,1-2H3,(H,21,27)(H,22,24). The number of methoxy groups -OCH3 is 2. The van der Waals surface area contributed by atoms with Crippen molar-refractivity contribution >= 4 is 39.6 Å². The minimum absolute atomic E-state index is 0.128. The number of nitrogens with zero attached hydrogens (tertiary/aromatic N) is 1. The molecule has 28 heavy (non-hydrogen) atoms. The van der Waals surface area contributed by atoms with Gasteiger partial charge in [-0.15, -0.1) is 11.3 Å². The second-order valence-electron chi connectivity index (χ2n) is 6.24. The van der Waals surface area contributed by atoms with E-state index in [0.717, 1.165) is 10.9 Å². The van der Waals surface area contributed by atoms with Crippen LogP contribution in [0.25, 0.3) is 10.9 Å². The third-order valence-electron chi connectivity index (χ3n) is 4.29. The summed E-state index contributed by atoms with van der Waals surface area (Å²) in [6, 6.07) is 11.6. The summed E-state index contributed by atoms with van der Waals surface area (Å²) in [4.78, 5) is 18.8. The number of aromatic amines is 1. The van der Waals surface area contributed by atoms with E-state index in [4.69, 9.17) is 21.7 Å². The molecule has 0 saturated carbocycles. The summed E-state index contributed by atoms with van der Waals surface area (Å²) in [6.45, 7) is 2.22. The van der Waals surface area contributed by atoms with E-state index in [1.165, 1.54) is 4.88 Å². The second-order valence-corrected chi connectivity index (χ2v) is 7.66. The van der Waals surface area contributed by atoms with Crippen LogP contribution in [-0.2, 0) is 17.8 Å². The Morgan fingerprint density at radius 2 is 2.11 bits per heavy atom. The summed E-state index contributed by atoms with van der Waals surface area (Å²) in [7, 11) is 3.26. The predicted molar refractivity (Wildman–Crippen MR) is 117 cm³/mol. The SMILES string of the molecule is COCCNC(=S)N(Cc1cccs1)Cc1cc2ccc(OC)cc2[nH]c1=O. The van der Waals surface area contributed by atoms with E-state index < -0.39 is 0 Å². The summed E-state index contributed by atoms with van der Waals surface area (Å²) in [5.41, 5.74) is 1.28. The maximum absolute atomic E-state index is 12.6. The molecule has 0 radical (unpaired) electrons. The van der Waals surface area contributed by atoms with E-state index in [0.29, 0.717) is 42.7 Å². The zero-order valence-electron chi connectivity index (χ0n) is 15.9. The number of rotatable bonds is 8. The topological polar surface area (TPSA) is 66.6 Å². The Kier molecular flexibility index (Phi) is 7.02. The average molecular weight is 418 g/mol. The monoisotopic (exact) mass is 417 g/mol. The summed E-state index contributed by atoms with van der Waals surface area (Å²) in [5, 5.41) is 6.77. The van der Waals surface area contributed by atoms with Crippen molar-refractivity contribution in [1.29, 1.82) is 0 Å². The molecule has 0 aliphatic heterocycles. The van der Waals surface area contributed by atoms with Crippen LogP contribution in [0.2, 0.25) is 0 Å². The highest BCUT2D eigenvalue weighted by molar-refractivity contribution is 7.80. The van der Waals surface area contributed by atoms with Crippen molar-refractivity contribution in [2.24, 2.45) is 0 Å². The molecule has 0 bridgehead atoms. The fourth-order valence-corrected chi connectivity index (χ4v) is 3.79. The number of fused-ring (bicyclic) bond motifs is 1. The third kappa shape index (κ3) is 5.09. The molecular formula is C20H23N3O3S2. The molecule has 2 heterocycles. The highest BCUT2D eigenvalue weighted by Crippen LogP contribution is 2.20. The zero-order valence-corrected chi connectivity index (χ0v) is 17.5. The lowest BCUT2D eigenvalue weighted by Crippen LogP contribution is -2.41. The van der Waals surface area contributed by atoms with Crippen molar-refractivity contribution in [3.63, 3.8) is 0 Å². The first-order chi connectivity index (χ1) is 13.6. The van der Waals surface area contributed by atoms with E-state index >= 15 is 0 Å². The Labute approximate surface area is 173 Å². The van der Waals surface area contributed by atoms with Gasteiger partial charge in [0.25, 0.3) is 5.56 Å². The molecule has 148 valence electrons. The maximum atomic E-state index is 12.6. The van der Waals surface area contributed by atoms with Gasteiger partial charge in [0.15, 0.2) is 5.11 Å². The van der Waals surface area contributed by atoms with Crippen molar-refractivity contribution in [2.45, 2.75) is 13.1 Å². The lowest BCUT2D eigenvalue weighted by Gasteiger charge is -2.25. The van der Waals surface area contributed by atoms with Crippen LogP contribution in [0.3, 0.4) is 0 Å². The molecule has 0 amide bonds. The number of thiophene rings is 1. The second kappa shape index (κ2) is 9.68. The summed E-state index contributed by atoms with van der Waals surface area (Å²) >= 11 is 7.23. The zero-order chi connectivity index (χ0) is 19.9. The van der Waals surface area contributed by atoms with E-state index in [9.17, 15) is 4.79 Å². The Bertz CT molecular complexity index is 986. The molecule has 0 aliphatic carbocycles. The van der Waals surface area contributed by atoms with Gasteiger partial charge in [-0.3, -0.25) is 4.79 Å². The van der Waals surface area contributed by atoms with Crippen molar-refractivity contribution < 1.29 is 9.47 Å². The smallest absolute Gasteiger partial charge is 0.253 e. The van der Waals surface area contributed by atoms with E-state index in [1.54, 1.807) is 25.6 Å². The molecule has 0 fully saturated rings. The lowest BCUT2D eigenvalue weighted by atomic mass is 10.1. The summed E-state index contributed by atoms with van der Waals surface area (Å²) in [6.07, 6.45) is 0. The number of pyridine rings is 1. The molecule has 3 rings (SSSR count). The summed E-state index contributed by atoms with van der Waals surface area (Å²) in [5.74, 6) is 0.707. The first-order valence-electron chi connectivity index (χ1n) is 8.84. The van der Waals surface area contributed by atoms with Gasteiger partial charge in [-0.05, 0) is 47.2 Å². The van der Waals surface area contributed by atoms with Crippen molar-refractivity contribution in [1.82, 2.24) is 15.2 Å². The molecule has 8 heteroatoms. The van der Waals surface area contributed by atoms with Crippen LogP contribution in [0.4, 0.5) is 0 Å². The number of nitrogens with one attached hydrogen (secondary N) is 2. The van der Waals surface area contributed by atoms with Gasteiger partial charge in [0.2, 0.25) is 0 Å². The quantitative estimate of drug-likeness (QED) is 0.434. The van der Waals surface area contributed by atoms with E-state index in [-0.39, 0.29) is 5.56 Å². The maximum Gasteiger partial charge on any atom is 0.253 e. The molecule has 1 aromatic carbocycles. The van der Waals surface area contributed by atoms with Crippen LogP contribution in [0.1, 0.15) is 10.4 Å². The molecule has 0 aliphatic rings. The van der Waals surface area contributed by atoms with Crippen LogP contribution in [-0.4, -0.2) is 42.4 Å². The van der Waals surface area contributed by atoms with Gasteiger partial charge < -0.3 is 24.7 Å². The fourth-order valence-electron chi connectivity index (χ4n) is 2.84. The van der Waals surface area contributed by atoms with Gasteiger partial charge in [0, 0.05) is 30.2 Å². The highest BCUT2D eigenvalue weighted by Gasteiger charge is 2.14. The largest absolute Gasteiger partial charge is 0.497 e. The normalized spacial score (nSPS) is 10.8. The Balaban J connectivity index is 1.85. The third-order valence-corrected chi connectivity index (χ3v) is 5.55. The van der Waals surface area contributed by atoms with Gasteiger partial charge in [-0.25, -0.2) is 0 Å². The number of hydrogen-bond donors (Lipinski definition) is 2. The minimum Gasteiger partial charge on any atom is -0.497 e. The van der Waals surface area contributed by atoms with Gasteiger partial charge in [0.1, 0.15) is 5.75 Å². The van der Waals surface area contributed by atoms with Crippen LogP contribution in [0.5, 0.6) is 5.75 Å². The molecule has 0 unspecified atom stereocenters. The predicted octanol–water partition coefficient (Wildman–Crippen LogP) is 3.12. The molecule has 6 nitrogen and oxygen atoms in total. The molecule has 0 atom stereocenters. The van der Waals surface area contributed by atoms with Gasteiger partial charge >= 0.3 is 0 Å². The van der Waals surface area contributed by atoms with Crippen molar-refractivity contribution in [3.8, 4) is 5.75 Å². The summed E-state index contributed by atoms with van der Waals surface area (Å²) < 4.78 is 10.3. The Hall–Kier alpha value is -2.42. The number of H-pyrrole nitrogens is 1. The molecular weight excluding hydrogens is 394 g/mol. The number of benzene rings is 1. The number of hydrogen-bond acceptors (Lipinski definition) is 5. The molecule has 2 N–H and O–H groups in total. The van der Waals surface area contributed by atoms with E-state index in [2.05, 4.69) is 16.4 Å².